The molecule has 27 heavy (non-hydrogen) atoms. The van der Waals surface area contributed by atoms with Gasteiger partial charge in [-0.05, 0) is 30.3 Å². The summed E-state index contributed by atoms with van der Waals surface area (Å²) in [4.78, 5) is 15.8. The molecule has 1 fully saturated rings. The van der Waals surface area contributed by atoms with Gasteiger partial charge in [-0.15, -0.1) is 0 Å². The van der Waals surface area contributed by atoms with Crippen LogP contribution < -0.4 is 10.2 Å². The number of nitrogens with one attached hydrogen (secondary N) is 1. The van der Waals surface area contributed by atoms with Crippen molar-refractivity contribution in [2.24, 2.45) is 0 Å². The summed E-state index contributed by atoms with van der Waals surface area (Å²) in [5.41, 5.74) is 1.51. The molecule has 1 heterocycles. The molecule has 0 aliphatic carbocycles. The highest BCUT2D eigenvalue weighted by atomic mass is 35.5. The predicted molar refractivity (Wildman–Crippen MR) is 112 cm³/mol. The molecule has 2 aromatic carbocycles. The van der Waals surface area contributed by atoms with Crippen LogP contribution in [-0.4, -0.2) is 62.3 Å². The SMILES string of the molecule is CN(CCO)C(=O)c1ccc(N2CCNCC2)c(Cl)c1.Clc1ccccc1. The Morgan fingerprint density at radius 2 is 1.81 bits per heavy atom. The third kappa shape index (κ3) is 6.70. The Balaban J connectivity index is 0.000000313. The van der Waals surface area contributed by atoms with E-state index < -0.39 is 0 Å². The Kier molecular flexibility index (Phi) is 8.88. The van der Waals surface area contributed by atoms with Gasteiger partial charge >= 0.3 is 0 Å². The van der Waals surface area contributed by atoms with E-state index in [9.17, 15) is 4.79 Å². The minimum atomic E-state index is -0.132. The average molecular weight is 410 g/mol. The van der Waals surface area contributed by atoms with Gasteiger partial charge in [0.2, 0.25) is 0 Å². The van der Waals surface area contributed by atoms with E-state index in [2.05, 4.69) is 10.2 Å². The first-order chi connectivity index (χ1) is 13.0. The zero-order valence-corrected chi connectivity index (χ0v) is 16.9. The number of carbonyl (C=O) groups is 1. The molecule has 7 heteroatoms. The second-order valence-corrected chi connectivity index (χ2v) is 6.99. The van der Waals surface area contributed by atoms with Gasteiger partial charge in [0.1, 0.15) is 0 Å². The van der Waals surface area contributed by atoms with Crippen molar-refractivity contribution in [1.82, 2.24) is 10.2 Å². The number of nitrogens with zero attached hydrogens (tertiary/aromatic N) is 2. The molecule has 3 rings (SSSR count). The van der Waals surface area contributed by atoms with Crippen LogP contribution in [-0.2, 0) is 0 Å². The van der Waals surface area contributed by atoms with Gasteiger partial charge in [0.05, 0.1) is 17.3 Å². The molecule has 0 atom stereocenters. The Labute approximate surface area is 170 Å². The molecule has 0 bridgehead atoms. The topological polar surface area (TPSA) is 55.8 Å². The number of rotatable bonds is 4. The van der Waals surface area contributed by atoms with E-state index >= 15 is 0 Å². The predicted octanol–water partition coefficient (Wildman–Crippen LogP) is 3.15. The van der Waals surface area contributed by atoms with Crippen LogP contribution in [0, 0.1) is 0 Å². The van der Waals surface area contributed by atoms with E-state index in [4.69, 9.17) is 28.3 Å². The third-order valence-electron chi connectivity index (χ3n) is 4.17. The average Bonchev–Trinajstić information content (AvgIpc) is 2.69. The number of anilines is 1. The van der Waals surface area contributed by atoms with Gasteiger partial charge in [-0.25, -0.2) is 0 Å². The highest BCUT2D eigenvalue weighted by molar-refractivity contribution is 6.33. The number of aliphatic hydroxyl groups is 1. The summed E-state index contributed by atoms with van der Waals surface area (Å²) in [7, 11) is 1.66. The van der Waals surface area contributed by atoms with E-state index in [0.717, 1.165) is 36.9 Å². The van der Waals surface area contributed by atoms with E-state index in [0.29, 0.717) is 17.1 Å². The number of likely N-dealkylation sites (N-methyl/N-ethyl adjacent to an activating group) is 1. The maximum Gasteiger partial charge on any atom is 0.253 e. The smallest absolute Gasteiger partial charge is 0.253 e. The van der Waals surface area contributed by atoms with Crippen LogP contribution in [0.15, 0.2) is 48.5 Å². The monoisotopic (exact) mass is 409 g/mol. The van der Waals surface area contributed by atoms with Gasteiger partial charge in [-0.3, -0.25) is 4.79 Å². The molecule has 0 unspecified atom stereocenters. The van der Waals surface area contributed by atoms with Crippen LogP contribution >= 0.6 is 23.2 Å². The first-order valence-corrected chi connectivity index (χ1v) is 9.60. The molecule has 2 aromatic rings. The van der Waals surface area contributed by atoms with Crippen LogP contribution in [0.3, 0.4) is 0 Å². The lowest BCUT2D eigenvalue weighted by molar-refractivity contribution is 0.0767. The van der Waals surface area contributed by atoms with Crippen LogP contribution in [0.4, 0.5) is 5.69 Å². The van der Waals surface area contributed by atoms with Gasteiger partial charge < -0.3 is 20.2 Å². The Bertz CT molecular complexity index is 722. The summed E-state index contributed by atoms with van der Waals surface area (Å²) in [5.74, 6) is -0.132. The van der Waals surface area contributed by atoms with Crippen molar-refractivity contribution in [3.05, 3.63) is 64.1 Å². The number of hydrogen-bond acceptors (Lipinski definition) is 4. The number of carbonyl (C=O) groups excluding carboxylic acids is 1. The van der Waals surface area contributed by atoms with Gasteiger partial charge in [-0.1, -0.05) is 41.4 Å². The summed E-state index contributed by atoms with van der Waals surface area (Å²) in [6, 6.07) is 14.8. The second kappa shape index (κ2) is 11.1. The number of piperazine rings is 1. The Morgan fingerprint density at radius 1 is 1.15 bits per heavy atom. The van der Waals surface area contributed by atoms with Crippen molar-refractivity contribution in [3.63, 3.8) is 0 Å². The fraction of sp³-hybridized carbons (Fsp3) is 0.350. The molecule has 0 spiro atoms. The minimum Gasteiger partial charge on any atom is -0.395 e. The summed E-state index contributed by atoms with van der Waals surface area (Å²) in [6.45, 7) is 3.98. The summed E-state index contributed by atoms with van der Waals surface area (Å²) >= 11 is 11.8. The van der Waals surface area contributed by atoms with Crippen molar-refractivity contribution in [2.75, 3.05) is 51.3 Å². The molecule has 2 N–H and O–H groups in total. The zero-order valence-electron chi connectivity index (χ0n) is 15.4. The van der Waals surface area contributed by atoms with Gasteiger partial charge in [0, 0.05) is 50.4 Å². The molecule has 1 amide bonds. The van der Waals surface area contributed by atoms with E-state index in [1.165, 1.54) is 4.90 Å². The zero-order chi connectivity index (χ0) is 19.6. The molecule has 146 valence electrons. The fourth-order valence-electron chi connectivity index (χ4n) is 2.69. The Hall–Kier alpha value is -1.79. The highest BCUT2D eigenvalue weighted by Crippen LogP contribution is 2.27. The highest BCUT2D eigenvalue weighted by Gasteiger charge is 2.17. The normalized spacial score (nSPS) is 13.6. The largest absolute Gasteiger partial charge is 0.395 e. The maximum absolute atomic E-state index is 12.1. The van der Waals surface area contributed by atoms with Crippen molar-refractivity contribution in [3.8, 4) is 0 Å². The molecule has 0 saturated carbocycles. The molecular formula is C20H25Cl2N3O2. The number of halogens is 2. The molecule has 1 saturated heterocycles. The fourth-order valence-corrected chi connectivity index (χ4v) is 3.13. The van der Waals surface area contributed by atoms with Crippen molar-refractivity contribution >= 4 is 34.8 Å². The summed E-state index contributed by atoms with van der Waals surface area (Å²) < 4.78 is 0. The van der Waals surface area contributed by atoms with Crippen LogP contribution in [0.2, 0.25) is 10.0 Å². The molecule has 5 nitrogen and oxygen atoms in total. The number of benzene rings is 2. The third-order valence-corrected chi connectivity index (χ3v) is 4.72. The number of amides is 1. The lowest BCUT2D eigenvalue weighted by Crippen LogP contribution is -2.43. The molecule has 0 radical (unpaired) electrons. The van der Waals surface area contributed by atoms with E-state index in [-0.39, 0.29) is 12.5 Å². The molecule has 0 aromatic heterocycles. The summed E-state index contributed by atoms with van der Waals surface area (Å²) in [5, 5.41) is 13.5. The van der Waals surface area contributed by atoms with Crippen molar-refractivity contribution < 1.29 is 9.90 Å². The van der Waals surface area contributed by atoms with Gasteiger partial charge in [-0.2, -0.15) is 0 Å². The van der Waals surface area contributed by atoms with Gasteiger partial charge in [0.15, 0.2) is 0 Å². The van der Waals surface area contributed by atoms with E-state index in [1.807, 2.05) is 36.4 Å². The number of aliphatic hydroxyl groups excluding tert-OH is 1. The summed E-state index contributed by atoms with van der Waals surface area (Å²) in [6.07, 6.45) is 0. The quantitative estimate of drug-likeness (QED) is 0.813. The molecular weight excluding hydrogens is 385 g/mol. The molecule has 1 aliphatic heterocycles. The minimum absolute atomic E-state index is 0.0468. The van der Waals surface area contributed by atoms with Gasteiger partial charge in [0.25, 0.3) is 5.91 Å². The Morgan fingerprint density at radius 3 is 2.33 bits per heavy atom. The lowest BCUT2D eigenvalue weighted by Gasteiger charge is -2.30. The lowest BCUT2D eigenvalue weighted by atomic mass is 10.1. The molecule has 1 aliphatic rings. The second-order valence-electron chi connectivity index (χ2n) is 6.15. The van der Waals surface area contributed by atoms with Crippen molar-refractivity contribution in [1.29, 1.82) is 0 Å². The first kappa shape index (κ1) is 21.5. The standard InChI is InChI=1S/C14H20ClN3O2.C6H5Cl/c1-17(8-9-19)14(20)11-2-3-13(12(15)10-11)18-6-4-16-5-7-18;7-6-4-2-1-3-5-6/h2-3,10,16,19H,4-9H2,1H3;1-5H. The van der Waals surface area contributed by atoms with Crippen molar-refractivity contribution in [2.45, 2.75) is 0 Å². The van der Waals surface area contributed by atoms with Crippen LogP contribution in [0.5, 0.6) is 0 Å². The first-order valence-electron chi connectivity index (χ1n) is 8.85. The maximum atomic E-state index is 12.1. The van der Waals surface area contributed by atoms with E-state index in [1.54, 1.807) is 19.2 Å². The number of hydrogen-bond donors (Lipinski definition) is 2. The van der Waals surface area contributed by atoms with Crippen LogP contribution in [0.1, 0.15) is 10.4 Å². The van der Waals surface area contributed by atoms with Crippen LogP contribution in [0.25, 0.3) is 0 Å².